The van der Waals surface area contributed by atoms with Crippen LogP contribution >= 0.6 is 0 Å². The molecule has 2 rings (SSSR count). The largest absolute Gasteiger partial charge is 0.480 e. The van der Waals surface area contributed by atoms with Gasteiger partial charge in [0.1, 0.15) is 6.54 Å². The quantitative estimate of drug-likeness (QED) is 0.591. The minimum Gasteiger partial charge on any atom is -0.480 e. The lowest BCUT2D eigenvalue weighted by atomic mass is 9.90. The number of urea groups is 1. The number of nitrogens with two attached hydrogens (primary N) is 1. The Morgan fingerprint density at radius 2 is 1.86 bits per heavy atom. The number of allylic oxidation sites excluding steroid dienone is 1. The van der Waals surface area contributed by atoms with E-state index in [1.165, 1.54) is 4.90 Å². The molecule has 1 atom stereocenters. The molecule has 0 aliphatic carbocycles. The van der Waals surface area contributed by atoms with Crippen LogP contribution in [-0.2, 0) is 20.9 Å². The monoisotopic (exact) mass is 402 g/mol. The number of aliphatic carboxylic acids is 1. The first-order valence-corrected chi connectivity index (χ1v) is 9.28. The van der Waals surface area contributed by atoms with Crippen molar-refractivity contribution in [3.8, 4) is 0 Å². The summed E-state index contributed by atoms with van der Waals surface area (Å²) >= 11 is 0. The third-order valence-corrected chi connectivity index (χ3v) is 4.63. The van der Waals surface area contributed by atoms with E-state index >= 15 is 0 Å². The van der Waals surface area contributed by atoms with Gasteiger partial charge < -0.3 is 21.1 Å². The molecule has 0 radical (unpaired) electrons. The second kappa shape index (κ2) is 9.33. The van der Waals surface area contributed by atoms with Gasteiger partial charge in [0.2, 0.25) is 5.91 Å². The van der Waals surface area contributed by atoms with Crippen molar-refractivity contribution >= 4 is 29.5 Å². The minimum atomic E-state index is -1.26. The highest BCUT2D eigenvalue weighted by Crippen LogP contribution is 2.29. The Balaban J connectivity index is 2.33. The normalized spacial score (nSPS) is 18.5. The summed E-state index contributed by atoms with van der Waals surface area (Å²) in [5, 5.41) is 11.7. The Morgan fingerprint density at radius 1 is 1.24 bits per heavy atom. The summed E-state index contributed by atoms with van der Waals surface area (Å²) in [4.78, 5) is 50.5. The molecule has 1 heterocycles. The maximum Gasteiger partial charge on any atom is 0.328 e. The van der Waals surface area contributed by atoms with E-state index in [1.54, 1.807) is 37.3 Å². The summed E-state index contributed by atoms with van der Waals surface area (Å²) in [6.45, 7) is 4.87. The summed E-state index contributed by atoms with van der Waals surface area (Å²) in [5.74, 6) is -2.20. The lowest BCUT2D eigenvalue weighted by Crippen LogP contribution is -2.60. The summed E-state index contributed by atoms with van der Waals surface area (Å²) < 4.78 is 0. The highest BCUT2D eigenvalue weighted by atomic mass is 16.4. The van der Waals surface area contributed by atoms with Gasteiger partial charge in [0.05, 0.1) is 12.6 Å². The van der Waals surface area contributed by atoms with Crippen LogP contribution in [0.15, 0.2) is 35.9 Å². The Morgan fingerprint density at radius 3 is 2.34 bits per heavy atom. The number of carboxylic acids is 1. The number of carbonyl (C=O) groups is 4. The van der Waals surface area contributed by atoms with Crippen LogP contribution < -0.4 is 11.1 Å². The number of imide groups is 1. The molecular weight excluding hydrogens is 376 g/mol. The van der Waals surface area contributed by atoms with E-state index in [2.05, 4.69) is 5.32 Å². The molecular formula is C20H26N4O5. The lowest BCUT2D eigenvalue weighted by Gasteiger charge is -2.43. The van der Waals surface area contributed by atoms with Gasteiger partial charge in [0.15, 0.2) is 0 Å². The Labute approximate surface area is 169 Å². The number of rotatable bonds is 7. The zero-order valence-corrected chi connectivity index (χ0v) is 16.7. The average Bonchev–Trinajstić information content (AvgIpc) is 2.67. The Hall–Kier alpha value is -3.20. The first-order chi connectivity index (χ1) is 13.7. The molecule has 0 bridgehead atoms. The van der Waals surface area contributed by atoms with Gasteiger partial charge in [-0.25, -0.2) is 9.69 Å². The third-order valence-electron chi connectivity index (χ3n) is 4.63. The van der Waals surface area contributed by atoms with Gasteiger partial charge in [-0.05, 0) is 30.5 Å². The predicted octanol–water partition coefficient (Wildman–Crippen LogP) is 1.40. The van der Waals surface area contributed by atoms with Crippen LogP contribution in [0.3, 0.4) is 0 Å². The fourth-order valence-electron chi connectivity index (χ4n) is 3.37. The van der Waals surface area contributed by atoms with Crippen LogP contribution in [0.25, 0.3) is 0 Å². The lowest BCUT2D eigenvalue weighted by molar-refractivity contribution is -0.142. The molecule has 4 N–H and O–H groups in total. The number of nitrogens with zero attached hydrogens (tertiary/aromatic N) is 2. The smallest absolute Gasteiger partial charge is 0.328 e. The van der Waals surface area contributed by atoms with Crippen molar-refractivity contribution in [3.63, 3.8) is 0 Å². The number of carboxylic acid groups (broad SMARTS) is 1. The first-order valence-electron chi connectivity index (χ1n) is 9.28. The molecule has 0 saturated carbocycles. The summed E-state index contributed by atoms with van der Waals surface area (Å²) in [6, 6.07) is 5.79. The van der Waals surface area contributed by atoms with Crippen molar-refractivity contribution < 1.29 is 24.3 Å². The van der Waals surface area contributed by atoms with Gasteiger partial charge in [-0.15, -0.1) is 0 Å². The third kappa shape index (κ3) is 5.00. The van der Waals surface area contributed by atoms with Crippen LogP contribution in [0.1, 0.15) is 26.3 Å². The van der Waals surface area contributed by atoms with Gasteiger partial charge in [-0.3, -0.25) is 14.4 Å². The van der Waals surface area contributed by atoms with Crippen molar-refractivity contribution in [2.45, 2.75) is 33.4 Å². The second-order valence-corrected chi connectivity index (χ2v) is 7.08. The van der Waals surface area contributed by atoms with Gasteiger partial charge in [-0.1, -0.05) is 32.1 Å². The molecule has 1 saturated heterocycles. The van der Waals surface area contributed by atoms with Crippen molar-refractivity contribution in [2.24, 2.45) is 11.7 Å². The van der Waals surface area contributed by atoms with Crippen LogP contribution in [-0.4, -0.2) is 57.9 Å². The molecule has 1 aromatic rings. The number of hydrogen-bond acceptors (Lipinski definition) is 5. The van der Waals surface area contributed by atoms with E-state index in [-0.39, 0.29) is 24.9 Å². The molecule has 1 aromatic carbocycles. The summed E-state index contributed by atoms with van der Waals surface area (Å²) in [7, 11) is 0. The van der Waals surface area contributed by atoms with Crippen LogP contribution in [0.4, 0.5) is 10.5 Å². The van der Waals surface area contributed by atoms with Gasteiger partial charge in [0.25, 0.3) is 5.91 Å². The zero-order valence-electron chi connectivity index (χ0n) is 16.7. The van der Waals surface area contributed by atoms with E-state index in [0.29, 0.717) is 11.3 Å². The fourth-order valence-corrected chi connectivity index (χ4v) is 3.37. The summed E-state index contributed by atoms with van der Waals surface area (Å²) in [6.07, 6.45) is 1.63. The van der Waals surface area contributed by atoms with Crippen LogP contribution in [0.5, 0.6) is 0 Å². The number of benzene rings is 1. The number of anilines is 1. The topological polar surface area (TPSA) is 133 Å². The van der Waals surface area contributed by atoms with E-state index in [4.69, 9.17) is 10.8 Å². The SMILES string of the molecule is C/C=C1\C(=O)N(CC(=O)O)C(=O)N(Cc2ccc(NC(=O)CN)cc2)C1C(C)C. The van der Waals surface area contributed by atoms with E-state index < -0.39 is 30.5 Å². The number of nitrogens with one attached hydrogen (secondary N) is 1. The molecule has 1 aliphatic heterocycles. The molecule has 1 aliphatic rings. The van der Waals surface area contributed by atoms with E-state index in [9.17, 15) is 19.2 Å². The molecule has 0 aromatic heterocycles. The number of amides is 4. The maximum atomic E-state index is 13.0. The highest BCUT2D eigenvalue weighted by molar-refractivity contribution is 6.09. The highest BCUT2D eigenvalue weighted by Gasteiger charge is 2.44. The molecule has 0 spiro atoms. The predicted molar refractivity (Wildman–Crippen MR) is 107 cm³/mol. The molecule has 1 fully saturated rings. The van der Waals surface area contributed by atoms with E-state index in [1.807, 2.05) is 13.8 Å². The first kappa shape index (κ1) is 22.1. The number of carbonyl (C=O) groups excluding carboxylic acids is 3. The van der Waals surface area contributed by atoms with Crippen molar-refractivity contribution in [3.05, 3.63) is 41.5 Å². The van der Waals surface area contributed by atoms with Crippen LogP contribution in [0.2, 0.25) is 0 Å². The Bertz CT molecular complexity index is 832. The fraction of sp³-hybridized carbons (Fsp3) is 0.400. The second-order valence-electron chi connectivity index (χ2n) is 7.08. The standard InChI is InChI=1S/C20H26N4O5/c1-4-15-18(12(2)3)23(20(29)24(19(15)28)11-17(26)27)10-13-5-7-14(8-6-13)22-16(25)9-21/h4-8,12,18H,9-11,21H2,1-3H3,(H,22,25)(H,26,27)/b15-4-. The minimum absolute atomic E-state index is 0.0517. The zero-order chi connectivity index (χ0) is 21.7. The van der Waals surface area contributed by atoms with E-state index in [0.717, 1.165) is 10.5 Å². The average molecular weight is 402 g/mol. The van der Waals surface area contributed by atoms with Crippen molar-refractivity contribution in [2.75, 3.05) is 18.4 Å². The van der Waals surface area contributed by atoms with Crippen molar-refractivity contribution in [1.82, 2.24) is 9.80 Å². The maximum absolute atomic E-state index is 13.0. The van der Waals surface area contributed by atoms with Gasteiger partial charge >= 0.3 is 12.0 Å². The van der Waals surface area contributed by atoms with Gasteiger partial charge in [-0.2, -0.15) is 0 Å². The molecule has 29 heavy (non-hydrogen) atoms. The molecule has 156 valence electrons. The molecule has 4 amide bonds. The molecule has 9 heteroatoms. The summed E-state index contributed by atoms with van der Waals surface area (Å²) in [5.41, 5.74) is 7.03. The Kier molecular flexibility index (Phi) is 7.11. The van der Waals surface area contributed by atoms with Crippen molar-refractivity contribution in [1.29, 1.82) is 0 Å². The molecule has 9 nitrogen and oxygen atoms in total. The van der Waals surface area contributed by atoms with Crippen LogP contribution in [0, 0.1) is 5.92 Å². The molecule has 1 unspecified atom stereocenters. The number of hydrogen-bond donors (Lipinski definition) is 3. The van der Waals surface area contributed by atoms with Gasteiger partial charge in [0, 0.05) is 17.8 Å².